The molecule has 1 nitrogen and oxygen atoms in total. The minimum atomic E-state index is 0.120. The number of benzene rings is 1. The molecule has 86 valence electrons. The molecule has 0 spiro atoms. The van der Waals surface area contributed by atoms with Crippen molar-refractivity contribution < 1.29 is 5.11 Å². The maximum absolute atomic E-state index is 9.81. The number of aromatic hydroxyl groups is 1. The molecular weight excluding hydrogens is 196 g/mol. The second-order valence-electron chi connectivity index (χ2n) is 5.24. The van der Waals surface area contributed by atoms with Gasteiger partial charge < -0.3 is 5.11 Å². The molecule has 0 amide bonds. The first-order valence-corrected chi connectivity index (χ1v) is 5.92. The number of aryl methyl sites for hydroxylation is 1. The highest BCUT2D eigenvalue weighted by molar-refractivity contribution is 5.45. The molecule has 1 aromatic carbocycles. The molecule has 0 fully saturated rings. The summed E-state index contributed by atoms with van der Waals surface area (Å²) in [6.07, 6.45) is 2.34. The maximum Gasteiger partial charge on any atom is 0.118 e. The fraction of sp³-hybridized carbons (Fsp3) is 0.467. The van der Waals surface area contributed by atoms with Gasteiger partial charge in [-0.1, -0.05) is 30.2 Å². The van der Waals surface area contributed by atoms with Gasteiger partial charge in [0.2, 0.25) is 0 Å². The van der Waals surface area contributed by atoms with Gasteiger partial charge in [0.25, 0.3) is 0 Å². The van der Waals surface area contributed by atoms with Crippen molar-refractivity contribution in [3.63, 3.8) is 0 Å². The van der Waals surface area contributed by atoms with Crippen LogP contribution in [0.3, 0.4) is 0 Å². The first kappa shape index (κ1) is 11.3. The summed E-state index contributed by atoms with van der Waals surface area (Å²) in [5.41, 5.74) is 5.28. The van der Waals surface area contributed by atoms with E-state index in [0.717, 1.165) is 12.0 Å². The number of rotatable bonds is 1. The van der Waals surface area contributed by atoms with Crippen molar-refractivity contribution in [1.82, 2.24) is 0 Å². The van der Waals surface area contributed by atoms with Crippen LogP contribution in [0.25, 0.3) is 0 Å². The third-order valence-corrected chi connectivity index (χ3v) is 4.31. The zero-order valence-corrected chi connectivity index (χ0v) is 10.6. The molecule has 0 bridgehead atoms. The van der Waals surface area contributed by atoms with E-state index in [1.54, 1.807) is 0 Å². The highest BCUT2D eigenvalue weighted by Gasteiger charge is 2.34. The fourth-order valence-corrected chi connectivity index (χ4v) is 2.60. The summed E-state index contributed by atoms with van der Waals surface area (Å²) in [6, 6.07) is 6.09. The monoisotopic (exact) mass is 216 g/mol. The maximum atomic E-state index is 9.81. The summed E-state index contributed by atoms with van der Waals surface area (Å²) in [6.45, 7) is 8.65. The zero-order chi connectivity index (χ0) is 11.9. The highest BCUT2D eigenvalue weighted by atomic mass is 16.3. The quantitative estimate of drug-likeness (QED) is 0.701. The SMILES string of the molecule is CC1=C(C)[C@](C)(c2ccc(C)c(O)c2)CC1. The molecule has 1 aliphatic carbocycles. The summed E-state index contributed by atoms with van der Waals surface area (Å²) in [4.78, 5) is 0. The zero-order valence-electron chi connectivity index (χ0n) is 10.6. The minimum Gasteiger partial charge on any atom is -0.508 e. The number of hydrogen-bond acceptors (Lipinski definition) is 1. The molecular formula is C15H20O. The van der Waals surface area contributed by atoms with Crippen LogP contribution in [0.2, 0.25) is 0 Å². The van der Waals surface area contributed by atoms with Gasteiger partial charge in [-0.05, 0) is 50.8 Å². The van der Waals surface area contributed by atoms with Crippen molar-refractivity contribution in [1.29, 1.82) is 0 Å². The van der Waals surface area contributed by atoms with Gasteiger partial charge in [0.1, 0.15) is 5.75 Å². The van der Waals surface area contributed by atoms with Crippen molar-refractivity contribution in [2.45, 2.75) is 46.0 Å². The highest BCUT2D eigenvalue weighted by Crippen LogP contribution is 2.45. The smallest absolute Gasteiger partial charge is 0.118 e. The van der Waals surface area contributed by atoms with E-state index in [-0.39, 0.29) is 5.41 Å². The molecule has 16 heavy (non-hydrogen) atoms. The summed E-state index contributed by atoms with van der Waals surface area (Å²) in [5.74, 6) is 0.413. The first-order chi connectivity index (χ1) is 7.45. The van der Waals surface area contributed by atoms with Gasteiger partial charge in [0.15, 0.2) is 0 Å². The van der Waals surface area contributed by atoms with Gasteiger partial charge in [-0.15, -0.1) is 0 Å². The minimum absolute atomic E-state index is 0.120. The topological polar surface area (TPSA) is 20.2 Å². The van der Waals surface area contributed by atoms with E-state index in [9.17, 15) is 5.11 Å². The van der Waals surface area contributed by atoms with Gasteiger partial charge in [0, 0.05) is 5.41 Å². The summed E-state index contributed by atoms with van der Waals surface area (Å²) in [5, 5.41) is 9.81. The van der Waals surface area contributed by atoms with Crippen LogP contribution in [0.1, 0.15) is 44.7 Å². The average Bonchev–Trinajstić information content (AvgIpc) is 2.52. The average molecular weight is 216 g/mol. The Kier molecular flexibility index (Phi) is 2.57. The van der Waals surface area contributed by atoms with E-state index in [1.165, 1.54) is 23.1 Å². The lowest BCUT2D eigenvalue weighted by atomic mass is 9.77. The normalized spacial score (nSPS) is 25.2. The van der Waals surface area contributed by atoms with Crippen LogP contribution in [0, 0.1) is 6.92 Å². The Hall–Kier alpha value is -1.24. The molecule has 0 aliphatic heterocycles. The van der Waals surface area contributed by atoms with Crippen molar-refractivity contribution in [2.24, 2.45) is 0 Å². The Morgan fingerprint density at radius 1 is 1.19 bits per heavy atom. The van der Waals surface area contributed by atoms with E-state index in [0.29, 0.717) is 5.75 Å². The first-order valence-electron chi connectivity index (χ1n) is 5.92. The van der Waals surface area contributed by atoms with E-state index in [1.807, 2.05) is 19.1 Å². The summed E-state index contributed by atoms with van der Waals surface area (Å²) in [7, 11) is 0. The van der Waals surface area contributed by atoms with Gasteiger partial charge in [0.05, 0.1) is 0 Å². The lowest BCUT2D eigenvalue weighted by molar-refractivity contribution is 0.465. The molecule has 1 heteroatoms. The largest absolute Gasteiger partial charge is 0.508 e. The van der Waals surface area contributed by atoms with Crippen LogP contribution in [-0.4, -0.2) is 5.11 Å². The van der Waals surface area contributed by atoms with Crippen LogP contribution >= 0.6 is 0 Å². The van der Waals surface area contributed by atoms with E-state index >= 15 is 0 Å². The second kappa shape index (κ2) is 3.65. The molecule has 0 aromatic heterocycles. The molecule has 0 saturated carbocycles. The molecule has 0 saturated heterocycles. The van der Waals surface area contributed by atoms with E-state index < -0.39 is 0 Å². The molecule has 1 aromatic rings. The van der Waals surface area contributed by atoms with E-state index in [2.05, 4.69) is 26.8 Å². The van der Waals surface area contributed by atoms with Crippen LogP contribution < -0.4 is 0 Å². The predicted octanol–water partition coefficient (Wildman–Crippen LogP) is 4.09. The molecule has 2 rings (SSSR count). The van der Waals surface area contributed by atoms with E-state index in [4.69, 9.17) is 0 Å². The standard InChI is InChI=1S/C15H20O/c1-10-7-8-15(4,12(10)3)13-6-5-11(2)14(16)9-13/h5-6,9,16H,7-8H2,1-4H3/t15-/m1/s1. The number of allylic oxidation sites excluding steroid dienone is 2. The van der Waals surface area contributed by atoms with Gasteiger partial charge in [-0.25, -0.2) is 0 Å². The van der Waals surface area contributed by atoms with Gasteiger partial charge >= 0.3 is 0 Å². The molecule has 0 radical (unpaired) electrons. The van der Waals surface area contributed by atoms with Crippen LogP contribution in [0.5, 0.6) is 5.75 Å². The van der Waals surface area contributed by atoms with Crippen LogP contribution in [0.15, 0.2) is 29.3 Å². The Morgan fingerprint density at radius 3 is 2.38 bits per heavy atom. The van der Waals surface area contributed by atoms with Crippen molar-refractivity contribution >= 4 is 0 Å². The number of phenolic OH excluding ortho intramolecular Hbond substituents is 1. The summed E-state index contributed by atoms with van der Waals surface area (Å²) < 4.78 is 0. The number of hydrogen-bond donors (Lipinski definition) is 1. The Morgan fingerprint density at radius 2 is 1.88 bits per heavy atom. The fourth-order valence-electron chi connectivity index (χ4n) is 2.60. The molecule has 1 aliphatic rings. The Balaban J connectivity index is 2.49. The summed E-state index contributed by atoms with van der Waals surface area (Å²) >= 11 is 0. The third-order valence-electron chi connectivity index (χ3n) is 4.31. The second-order valence-corrected chi connectivity index (χ2v) is 5.24. The van der Waals surface area contributed by atoms with Crippen molar-refractivity contribution in [2.75, 3.05) is 0 Å². The van der Waals surface area contributed by atoms with Gasteiger partial charge in [-0.2, -0.15) is 0 Å². The van der Waals surface area contributed by atoms with Gasteiger partial charge in [-0.3, -0.25) is 0 Å². The van der Waals surface area contributed by atoms with Crippen LogP contribution in [0.4, 0.5) is 0 Å². The lowest BCUT2D eigenvalue weighted by Gasteiger charge is -2.27. The van der Waals surface area contributed by atoms with Crippen molar-refractivity contribution in [3.8, 4) is 5.75 Å². The third kappa shape index (κ3) is 1.55. The Bertz CT molecular complexity index is 457. The Labute approximate surface area is 97.8 Å². The molecule has 1 N–H and O–H groups in total. The molecule has 0 unspecified atom stereocenters. The predicted molar refractivity (Wildman–Crippen MR) is 67.8 cm³/mol. The molecule has 1 atom stereocenters. The molecule has 0 heterocycles. The number of phenols is 1. The van der Waals surface area contributed by atoms with Crippen molar-refractivity contribution in [3.05, 3.63) is 40.5 Å². The van der Waals surface area contributed by atoms with Crippen LogP contribution in [-0.2, 0) is 5.41 Å². The lowest BCUT2D eigenvalue weighted by Crippen LogP contribution is -2.19.